The third kappa shape index (κ3) is 10.4. The number of allylic oxidation sites excluding steroid dienone is 1. The number of sulfonamides is 1. The van der Waals surface area contributed by atoms with E-state index in [0.717, 1.165) is 79.7 Å². The second-order valence-electron chi connectivity index (χ2n) is 17.7. The highest BCUT2D eigenvalue weighted by atomic mass is 35.5. The average molecular weight is 953 g/mol. The van der Waals surface area contributed by atoms with Crippen LogP contribution in [0.5, 0.6) is 11.5 Å². The fourth-order valence-corrected chi connectivity index (χ4v) is 10.8. The van der Waals surface area contributed by atoms with Gasteiger partial charge in [-0.2, -0.15) is 0 Å². The van der Waals surface area contributed by atoms with E-state index in [-0.39, 0.29) is 35.1 Å². The second kappa shape index (κ2) is 19.2. The lowest BCUT2D eigenvalue weighted by atomic mass is 9.73. The number of thiophene rings is 1. The number of pyridine rings is 1. The Morgan fingerprint density at radius 2 is 1.80 bits per heavy atom. The van der Waals surface area contributed by atoms with Crippen molar-refractivity contribution in [2.75, 3.05) is 69.5 Å². The monoisotopic (exact) mass is 951 g/mol. The summed E-state index contributed by atoms with van der Waals surface area (Å²) in [4.78, 5) is 38.5. The third-order valence-corrected chi connectivity index (χ3v) is 15.0. The first-order valence-corrected chi connectivity index (χ1v) is 24.5. The van der Waals surface area contributed by atoms with Gasteiger partial charge in [-0.25, -0.2) is 18.1 Å². The molecule has 344 valence electrons. The van der Waals surface area contributed by atoms with Crippen LogP contribution < -0.4 is 19.7 Å². The van der Waals surface area contributed by atoms with Crippen LogP contribution >= 0.6 is 22.9 Å². The van der Waals surface area contributed by atoms with Gasteiger partial charge in [-0.15, -0.1) is 11.3 Å². The van der Waals surface area contributed by atoms with Crippen molar-refractivity contribution in [1.82, 2.24) is 19.6 Å². The maximum absolute atomic E-state index is 14.0. The first-order valence-electron chi connectivity index (χ1n) is 21.8. The molecule has 0 radical (unpaired) electrons. The summed E-state index contributed by atoms with van der Waals surface area (Å²) in [6, 6.07) is 22.4. The number of nitro groups is 1. The number of H-pyrrole nitrogens is 1. The van der Waals surface area contributed by atoms with Crippen molar-refractivity contribution < 1.29 is 32.3 Å². The number of aromatic amines is 1. The molecule has 18 heteroatoms. The van der Waals surface area contributed by atoms with Crippen molar-refractivity contribution in [2.45, 2.75) is 38.0 Å². The van der Waals surface area contributed by atoms with Crippen LogP contribution in [0.1, 0.15) is 48.3 Å². The zero-order chi connectivity index (χ0) is 46.0. The molecule has 66 heavy (non-hydrogen) atoms. The molecule has 1 aliphatic carbocycles. The van der Waals surface area contributed by atoms with Crippen LogP contribution in [0.2, 0.25) is 5.02 Å². The molecule has 2 saturated heterocycles. The van der Waals surface area contributed by atoms with Crippen LogP contribution in [-0.4, -0.2) is 93.4 Å². The van der Waals surface area contributed by atoms with E-state index in [2.05, 4.69) is 67.2 Å². The molecule has 2 fully saturated rings. The Morgan fingerprint density at radius 3 is 2.58 bits per heavy atom. The smallest absolute Gasteiger partial charge is 0.293 e. The number of nitro benzene ring substituents is 1. The van der Waals surface area contributed by atoms with E-state index in [0.29, 0.717) is 31.2 Å². The van der Waals surface area contributed by atoms with Crippen LogP contribution in [0.25, 0.3) is 27.7 Å². The first kappa shape index (κ1) is 45.3. The van der Waals surface area contributed by atoms with E-state index in [4.69, 9.17) is 25.8 Å². The van der Waals surface area contributed by atoms with Crippen LogP contribution in [-0.2, 0) is 19.5 Å². The summed E-state index contributed by atoms with van der Waals surface area (Å²) < 4.78 is 46.5. The molecule has 3 N–H and O–H groups in total. The number of hydrogen-bond acceptors (Lipinski definition) is 13. The number of hydrogen-bond donors (Lipinski definition) is 3. The Labute approximate surface area is 391 Å². The SMILES string of the molecule is CC1(C)CCC(CN2CCN(c3ccc(C(=O)NS(=O)(=O)c4ccc(NCC5COCOC5)c([N+](=O)[O-])c4)c(Oc4cnc5[nH]ccc5c4)c3)CC2)=C(c2cc(-c3ccc(Cl)cc3)cs2)C1. The summed E-state index contributed by atoms with van der Waals surface area (Å²) in [7, 11) is -4.58. The van der Waals surface area contributed by atoms with Gasteiger partial charge in [0, 0.05) is 84.5 Å². The Morgan fingerprint density at radius 1 is 1.02 bits per heavy atom. The minimum atomic E-state index is -4.58. The first-order chi connectivity index (χ1) is 31.8. The molecule has 15 nitrogen and oxygen atoms in total. The lowest BCUT2D eigenvalue weighted by molar-refractivity contribution is -0.384. The Balaban J connectivity index is 0.922. The number of nitrogens with zero attached hydrogens (tertiary/aromatic N) is 4. The van der Waals surface area contributed by atoms with Gasteiger partial charge in [0.15, 0.2) is 0 Å². The molecule has 1 amide bonds. The molecule has 0 saturated carbocycles. The van der Waals surface area contributed by atoms with Crippen molar-refractivity contribution >= 4 is 72.5 Å². The summed E-state index contributed by atoms with van der Waals surface area (Å²) >= 11 is 7.98. The van der Waals surface area contributed by atoms with Gasteiger partial charge in [-0.05, 0) is 101 Å². The zero-order valence-corrected chi connectivity index (χ0v) is 38.9. The van der Waals surface area contributed by atoms with E-state index >= 15 is 0 Å². The minimum Gasteiger partial charge on any atom is -0.455 e. The molecule has 6 aromatic rings. The number of anilines is 2. The summed E-state index contributed by atoms with van der Waals surface area (Å²) in [5.41, 5.74) is 6.58. The van der Waals surface area contributed by atoms with Gasteiger partial charge in [0.05, 0.1) is 34.8 Å². The van der Waals surface area contributed by atoms with Crippen LogP contribution in [0.4, 0.5) is 17.1 Å². The molecule has 2 aliphatic heterocycles. The van der Waals surface area contributed by atoms with Crippen molar-refractivity contribution in [3.63, 3.8) is 0 Å². The van der Waals surface area contributed by atoms with E-state index in [1.807, 2.05) is 18.2 Å². The molecule has 0 atom stereocenters. The topological polar surface area (TPSA) is 181 Å². The standard InChI is InChI=1S/C48H50ClN7O8S2/c1-48(2)13-11-34(41(23-48)45-20-35(29-65-45)32-3-5-36(49)6-4-32)26-54-15-17-55(18-16-54)37-7-9-40(44(21-37)64-38-19-33-12-14-50-46(33)52-25-38)47(57)53-66(60,61)39-8-10-42(43(22-39)56(58)59)51-24-31-27-62-30-63-28-31/h3-10,12,14,19-22,25,29,31,51H,11,13,15-18,23-24,26-28,30H2,1-2H3,(H,50,52)(H,53,57). The van der Waals surface area contributed by atoms with Gasteiger partial charge < -0.3 is 29.4 Å². The summed E-state index contributed by atoms with van der Waals surface area (Å²) in [5, 5.41) is 18.8. The van der Waals surface area contributed by atoms with Crippen molar-refractivity contribution in [3.8, 4) is 22.6 Å². The Bertz CT molecular complexity index is 2900. The fourth-order valence-electron chi connectivity index (χ4n) is 8.70. The van der Waals surface area contributed by atoms with E-state index < -0.39 is 31.4 Å². The van der Waals surface area contributed by atoms with E-state index in [1.165, 1.54) is 39.9 Å². The van der Waals surface area contributed by atoms with E-state index in [9.17, 15) is 23.3 Å². The highest BCUT2D eigenvalue weighted by molar-refractivity contribution is 7.90. The number of aromatic nitrogens is 2. The molecule has 5 heterocycles. The molecule has 0 unspecified atom stereocenters. The Kier molecular flexibility index (Phi) is 13.2. The zero-order valence-electron chi connectivity index (χ0n) is 36.5. The third-order valence-electron chi connectivity index (χ3n) is 12.4. The summed E-state index contributed by atoms with van der Waals surface area (Å²) in [5.74, 6) is -0.552. The number of nitrogens with one attached hydrogen (secondary N) is 3. The lowest BCUT2D eigenvalue weighted by Crippen LogP contribution is -2.47. The van der Waals surface area contributed by atoms with Crippen LogP contribution in [0.15, 0.2) is 107 Å². The number of benzene rings is 3. The molecule has 0 spiro atoms. The Hall–Kier alpha value is -5.82. The average Bonchev–Trinajstić information content (AvgIpc) is 4.00. The van der Waals surface area contributed by atoms with Crippen molar-refractivity contribution in [3.05, 3.63) is 128 Å². The number of rotatable bonds is 14. The maximum Gasteiger partial charge on any atom is 0.293 e. The molecular formula is C48H50ClN7O8S2. The van der Waals surface area contributed by atoms with Crippen molar-refractivity contribution in [2.24, 2.45) is 11.3 Å². The van der Waals surface area contributed by atoms with E-state index in [1.54, 1.807) is 41.8 Å². The van der Waals surface area contributed by atoms with Gasteiger partial charge in [0.25, 0.3) is 21.6 Å². The van der Waals surface area contributed by atoms with Crippen LogP contribution in [0, 0.1) is 21.4 Å². The summed E-state index contributed by atoms with van der Waals surface area (Å²) in [6.07, 6.45) is 6.49. The number of carbonyl (C=O) groups excluding carboxylic acids is 1. The molecular weight excluding hydrogens is 902 g/mol. The molecule has 9 rings (SSSR count). The maximum atomic E-state index is 14.0. The second-order valence-corrected chi connectivity index (χ2v) is 20.8. The van der Waals surface area contributed by atoms with Gasteiger partial charge >= 0.3 is 0 Å². The number of halogens is 1. The number of piperazine rings is 1. The predicted octanol–water partition coefficient (Wildman–Crippen LogP) is 9.58. The van der Waals surface area contributed by atoms with Crippen LogP contribution in [0.3, 0.4) is 0 Å². The number of fused-ring (bicyclic) bond motifs is 1. The highest BCUT2D eigenvalue weighted by Gasteiger charge is 2.31. The predicted molar refractivity (Wildman–Crippen MR) is 257 cm³/mol. The molecule has 3 aromatic heterocycles. The van der Waals surface area contributed by atoms with Gasteiger partial charge in [0.1, 0.15) is 29.6 Å². The fraction of sp³-hybridized carbons (Fsp3) is 0.333. The molecule has 3 aromatic carbocycles. The lowest BCUT2D eigenvalue weighted by Gasteiger charge is -2.39. The minimum absolute atomic E-state index is 0.0478. The van der Waals surface area contributed by atoms with Gasteiger partial charge in [-0.3, -0.25) is 19.8 Å². The normalized spacial score (nSPS) is 17.2. The molecule has 0 bridgehead atoms. The van der Waals surface area contributed by atoms with Crippen molar-refractivity contribution in [1.29, 1.82) is 0 Å². The van der Waals surface area contributed by atoms with Gasteiger partial charge in [0.2, 0.25) is 0 Å². The number of ether oxygens (including phenoxy) is 3. The largest absolute Gasteiger partial charge is 0.455 e. The highest BCUT2D eigenvalue weighted by Crippen LogP contribution is 2.46. The number of carbonyl (C=O) groups is 1. The summed E-state index contributed by atoms with van der Waals surface area (Å²) in [6.45, 7) is 10.0. The number of amides is 1. The molecule has 3 aliphatic rings. The van der Waals surface area contributed by atoms with Gasteiger partial charge in [-0.1, -0.05) is 43.2 Å². The quantitative estimate of drug-likeness (QED) is 0.0696.